The first-order valence-corrected chi connectivity index (χ1v) is 13.7. The van der Waals surface area contributed by atoms with E-state index in [9.17, 15) is 4.79 Å². The van der Waals surface area contributed by atoms with Gasteiger partial charge in [0.15, 0.2) is 0 Å². The van der Waals surface area contributed by atoms with Gasteiger partial charge in [-0.25, -0.2) is 0 Å². The minimum Gasteiger partial charge on any atom is -0.462 e. The number of carbonyl (C=O) groups is 1. The minimum absolute atomic E-state index is 0.00759. The van der Waals surface area contributed by atoms with Gasteiger partial charge in [-0.15, -0.1) is 0 Å². The predicted octanol–water partition coefficient (Wildman–Crippen LogP) is 10.0. The molecule has 0 radical (unpaired) electrons. The van der Waals surface area contributed by atoms with Crippen molar-refractivity contribution in [2.45, 2.75) is 170 Å². The molecular weight excluding hydrogens is 380 g/mol. The molecule has 0 fully saturated rings. The van der Waals surface area contributed by atoms with Gasteiger partial charge in [0, 0.05) is 6.42 Å². The van der Waals surface area contributed by atoms with E-state index in [1.54, 1.807) is 0 Å². The van der Waals surface area contributed by atoms with Crippen LogP contribution in [0.3, 0.4) is 0 Å². The molecule has 2 nitrogen and oxygen atoms in total. The highest BCUT2D eigenvalue weighted by atomic mass is 16.5. The molecule has 0 unspecified atom stereocenters. The molecule has 31 heavy (non-hydrogen) atoms. The van der Waals surface area contributed by atoms with Gasteiger partial charge in [0.2, 0.25) is 0 Å². The zero-order valence-electron chi connectivity index (χ0n) is 22.6. The second-order valence-electron chi connectivity index (χ2n) is 12.3. The molecule has 0 N–H and O–H groups in total. The number of esters is 1. The van der Waals surface area contributed by atoms with Crippen molar-refractivity contribution in [2.24, 2.45) is 10.8 Å². The van der Waals surface area contributed by atoms with Gasteiger partial charge >= 0.3 is 5.97 Å². The quantitative estimate of drug-likeness (QED) is 0.148. The van der Waals surface area contributed by atoms with Crippen LogP contribution < -0.4 is 0 Å². The summed E-state index contributed by atoms with van der Waals surface area (Å²) in [4.78, 5) is 12.3. The molecular formula is C29H58O2. The van der Waals surface area contributed by atoms with Crippen LogP contribution in [-0.4, -0.2) is 12.1 Å². The summed E-state index contributed by atoms with van der Waals surface area (Å²) in [6.07, 6.45) is 22.8. The number of unbranched alkanes of at least 4 members (excludes halogenated alkanes) is 14. The molecule has 0 aliphatic carbocycles. The maximum absolute atomic E-state index is 12.3. The highest BCUT2D eigenvalue weighted by Crippen LogP contribution is 2.30. The molecule has 2 heteroatoms. The highest BCUT2D eigenvalue weighted by Gasteiger charge is 2.26. The summed E-state index contributed by atoms with van der Waals surface area (Å²) in [5.41, 5.74) is 0.371. The van der Waals surface area contributed by atoms with Gasteiger partial charge in [0.05, 0.1) is 0 Å². The Kier molecular flexibility index (Phi) is 17.7. The topological polar surface area (TPSA) is 26.3 Å². The molecule has 186 valence electrons. The Labute approximate surface area is 196 Å². The Morgan fingerprint density at radius 2 is 0.903 bits per heavy atom. The van der Waals surface area contributed by atoms with Crippen molar-refractivity contribution < 1.29 is 9.53 Å². The van der Waals surface area contributed by atoms with E-state index < -0.39 is 0 Å². The second kappa shape index (κ2) is 18.0. The van der Waals surface area contributed by atoms with E-state index in [2.05, 4.69) is 48.5 Å². The fourth-order valence-electron chi connectivity index (χ4n) is 4.41. The first kappa shape index (κ1) is 30.5. The average Bonchev–Trinajstić information content (AvgIpc) is 2.62. The van der Waals surface area contributed by atoms with E-state index >= 15 is 0 Å². The highest BCUT2D eigenvalue weighted by molar-refractivity contribution is 5.69. The number of hydrogen-bond donors (Lipinski definition) is 0. The maximum atomic E-state index is 12.3. The summed E-state index contributed by atoms with van der Waals surface area (Å²) in [5, 5.41) is 0. The van der Waals surface area contributed by atoms with Crippen LogP contribution in [0.15, 0.2) is 0 Å². The van der Waals surface area contributed by atoms with E-state index in [-0.39, 0.29) is 22.9 Å². The van der Waals surface area contributed by atoms with Crippen LogP contribution in [0.1, 0.15) is 164 Å². The predicted molar refractivity (Wildman–Crippen MR) is 138 cm³/mol. The fraction of sp³-hybridized carbons (Fsp3) is 0.966. The summed E-state index contributed by atoms with van der Waals surface area (Å²) >= 11 is 0. The lowest BCUT2D eigenvalue weighted by Crippen LogP contribution is -2.28. The van der Waals surface area contributed by atoms with Crippen LogP contribution in [0.25, 0.3) is 0 Å². The minimum atomic E-state index is 0.00759. The van der Waals surface area contributed by atoms with Crippen molar-refractivity contribution in [1.29, 1.82) is 0 Å². The normalized spacial score (nSPS) is 12.5. The Balaban J connectivity index is 3.65. The van der Waals surface area contributed by atoms with Crippen LogP contribution in [0.2, 0.25) is 0 Å². The monoisotopic (exact) mass is 438 g/mol. The van der Waals surface area contributed by atoms with Crippen LogP contribution in [0.5, 0.6) is 0 Å². The van der Waals surface area contributed by atoms with E-state index in [4.69, 9.17) is 4.74 Å². The zero-order valence-corrected chi connectivity index (χ0v) is 22.6. The smallest absolute Gasteiger partial charge is 0.306 e. The third kappa shape index (κ3) is 24.0. The van der Waals surface area contributed by atoms with Crippen molar-refractivity contribution in [3.63, 3.8) is 0 Å². The number of carbonyl (C=O) groups excluding carboxylic acids is 1. The average molecular weight is 439 g/mol. The third-order valence-electron chi connectivity index (χ3n) is 5.96. The zero-order chi connectivity index (χ0) is 23.6. The molecule has 0 aliphatic rings. The van der Waals surface area contributed by atoms with E-state index in [1.165, 1.54) is 83.5 Å². The van der Waals surface area contributed by atoms with Gasteiger partial charge in [-0.2, -0.15) is 0 Å². The molecule has 0 saturated carbocycles. The van der Waals surface area contributed by atoms with Gasteiger partial charge in [-0.3, -0.25) is 4.79 Å². The molecule has 0 atom stereocenters. The maximum Gasteiger partial charge on any atom is 0.306 e. The molecule has 0 spiro atoms. The van der Waals surface area contributed by atoms with Crippen molar-refractivity contribution in [3.05, 3.63) is 0 Å². The van der Waals surface area contributed by atoms with Crippen molar-refractivity contribution >= 4 is 5.97 Å². The number of hydrogen-bond acceptors (Lipinski definition) is 2. The summed E-state index contributed by atoms with van der Waals surface area (Å²) in [6, 6.07) is 0. The Morgan fingerprint density at radius 1 is 0.581 bits per heavy atom. The molecule has 0 aromatic carbocycles. The molecule has 0 bridgehead atoms. The third-order valence-corrected chi connectivity index (χ3v) is 5.96. The summed E-state index contributed by atoms with van der Waals surface area (Å²) < 4.78 is 5.88. The largest absolute Gasteiger partial charge is 0.462 e. The Bertz CT molecular complexity index is 397. The van der Waals surface area contributed by atoms with Gasteiger partial charge < -0.3 is 4.74 Å². The Hall–Kier alpha value is -0.530. The number of rotatable bonds is 19. The van der Waals surface area contributed by atoms with Crippen molar-refractivity contribution in [3.8, 4) is 0 Å². The first-order valence-electron chi connectivity index (χ1n) is 13.7. The summed E-state index contributed by atoms with van der Waals surface area (Å²) in [7, 11) is 0. The molecule has 0 aromatic rings. The lowest BCUT2D eigenvalue weighted by Gasteiger charge is -2.30. The van der Waals surface area contributed by atoms with Crippen LogP contribution in [0, 0.1) is 10.8 Å². The molecule has 0 amide bonds. The summed E-state index contributed by atoms with van der Waals surface area (Å²) in [6.45, 7) is 15.6. The van der Waals surface area contributed by atoms with Crippen LogP contribution >= 0.6 is 0 Å². The van der Waals surface area contributed by atoms with Gasteiger partial charge in [-0.05, 0) is 30.1 Å². The first-order chi connectivity index (χ1) is 14.5. The van der Waals surface area contributed by atoms with Crippen LogP contribution in [-0.2, 0) is 9.53 Å². The van der Waals surface area contributed by atoms with Crippen molar-refractivity contribution in [2.75, 3.05) is 0 Å². The standard InChI is InChI=1S/C29H58O2/c1-8-9-10-11-12-13-14-15-16-17-18-19-20-21-22-23-27(30)31-26(24-28(2,3)4)25-29(5,6)7/h26H,8-25H2,1-7H3. The van der Waals surface area contributed by atoms with Crippen molar-refractivity contribution in [1.82, 2.24) is 0 Å². The summed E-state index contributed by atoms with van der Waals surface area (Å²) in [5.74, 6) is 0.00759. The lowest BCUT2D eigenvalue weighted by atomic mass is 9.82. The molecule has 0 aromatic heterocycles. The SMILES string of the molecule is CCCCCCCCCCCCCCCCCC(=O)OC(CC(C)(C)C)CC(C)(C)C. The second-order valence-corrected chi connectivity index (χ2v) is 12.3. The van der Waals surface area contributed by atoms with Gasteiger partial charge in [0.1, 0.15) is 6.10 Å². The van der Waals surface area contributed by atoms with E-state index in [1.807, 2.05) is 0 Å². The van der Waals surface area contributed by atoms with Crippen LogP contribution in [0.4, 0.5) is 0 Å². The number of ether oxygens (including phenoxy) is 1. The molecule has 0 saturated heterocycles. The molecule has 0 aliphatic heterocycles. The molecule has 0 heterocycles. The lowest BCUT2D eigenvalue weighted by molar-refractivity contribution is -0.152. The van der Waals surface area contributed by atoms with E-state index in [0.717, 1.165) is 25.7 Å². The van der Waals surface area contributed by atoms with Gasteiger partial charge in [0.25, 0.3) is 0 Å². The van der Waals surface area contributed by atoms with E-state index in [0.29, 0.717) is 6.42 Å². The Morgan fingerprint density at radius 3 is 1.23 bits per heavy atom. The molecule has 0 rings (SSSR count). The fourth-order valence-corrected chi connectivity index (χ4v) is 4.41. The van der Waals surface area contributed by atoms with Gasteiger partial charge in [-0.1, -0.05) is 138 Å².